The summed E-state index contributed by atoms with van der Waals surface area (Å²) in [5, 5.41) is 17.9. The van der Waals surface area contributed by atoms with Crippen LogP contribution in [0.25, 0.3) is 0 Å². The predicted molar refractivity (Wildman–Crippen MR) is 46.3 cm³/mol. The van der Waals surface area contributed by atoms with Crippen LogP contribution in [0.4, 0.5) is 0 Å². The van der Waals surface area contributed by atoms with Crippen molar-refractivity contribution in [2.75, 3.05) is 6.61 Å². The highest BCUT2D eigenvalue weighted by atomic mass is 16.3. The SMILES string of the molecule is C=C(C)C(O)C/C=C(/C)CO. The molecule has 0 heterocycles. The molecule has 11 heavy (non-hydrogen) atoms. The number of hydrogen-bond donors (Lipinski definition) is 2. The Morgan fingerprint density at radius 3 is 2.45 bits per heavy atom. The first kappa shape index (κ1) is 10.4. The maximum Gasteiger partial charge on any atom is 0.0779 e. The molecule has 64 valence electrons. The molecule has 0 aliphatic heterocycles. The summed E-state index contributed by atoms with van der Waals surface area (Å²) < 4.78 is 0. The molecule has 0 aromatic carbocycles. The Morgan fingerprint density at radius 1 is 1.55 bits per heavy atom. The van der Waals surface area contributed by atoms with Crippen molar-refractivity contribution in [2.24, 2.45) is 0 Å². The van der Waals surface area contributed by atoms with Gasteiger partial charge < -0.3 is 10.2 Å². The largest absolute Gasteiger partial charge is 0.392 e. The van der Waals surface area contributed by atoms with Crippen LogP contribution < -0.4 is 0 Å². The van der Waals surface area contributed by atoms with Crippen LogP contribution in [0.15, 0.2) is 23.8 Å². The number of rotatable bonds is 4. The molecule has 1 atom stereocenters. The van der Waals surface area contributed by atoms with Crippen molar-refractivity contribution in [2.45, 2.75) is 26.4 Å². The van der Waals surface area contributed by atoms with Crippen molar-refractivity contribution < 1.29 is 10.2 Å². The van der Waals surface area contributed by atoms with Gasteiger partial charge in [0, 0.05) is 0 Å². The van der Waals surface area contributed by atoms with Crippen LogP contribution in [-0.2, 0) is 0 Å². The molecule has 2 heteroatoms. The molecule has 0 aliphatic carbocycles. The molecule has 2 nitrogen and oxygen atoms in total. The molecule has 0 bridgehead atoms. The third-order valence-electron chi connectivity index (χ3n) is 1.51. The Hall–Kier alpha value is -0.600. The molecule has 0 aliphatic rings. The van der Waals surface area contributed by atoms with E-state index >= 15 is 0 Å². The summed E-state index contributed by atoms with van der Waals surface area (Å²) >= 11 is 0. The summed E-state index contributed by atoms with van der Waals surface area (Å²) in [6, 6.07) is 0. The number of hydrogen-bond acceptors (Lipinski definition) is 2. The lowest BCUT2D eigenvalue weighted by Gasteiger charge is -2.06. The van der Waals surface area contributed by atoms with Gasteiger partial charge in [0.05, 0.1) is 12.7 Å². The summed E-state index contributed by atoms with van der Waals surface area (Å²) in [5.74, 6) is 0. The quantitative estimate of drug-likeness (QED) is 0.601. The first-order valence-electron chi connectivity index (χ1n) is 3.68. The zero-order chi connectivity index (χ0) is 8.85. The van der Waals surface area contributed by atoms with Crippen LogP contribution in [-0.4, -0.2) is 22.9 Å². The van der Waals surface area contributed by atoms with E-state index in [1.807, 2.05) is 13.0 Å². The highest BCUT2D eigenvalue weighted by Gasteiger charge is 2.00. The summed E-state index contributed by atoms with van der Waals surface area (Å²) in [6.07, 6.45) is 1.89. The second-order valence-electron chi connectivity index (χ2n) is 2.81. The van der Waals surface area contributed by atoms with E-state index < -0.39 is 6.10 Å². The van der Waals surface area contributed by atoms with Crippen LogP contribution in [0.5, 0.6) is 0 Å². The molecule has 0 aromatic heterocycles. The van der Waals surface area contributed by atoms with Gasteiger partial charge in [0.1, 0.15) is 0 Å². The van der Waals surface area contributed by atoms with Gasteiger partial charge in [-0.1, -0.05) is 23.8 Å². The van der Waals surface area contributed by atoms with Gasteiger partial charge in [-0.2, -0.15) is 0 Å². The second kappa shape index (κ2) is 5.10. The molecule has 0 amide bonds. The topological polar surface area (TPSA) is 40.5 Å². The molecule has 0 rings (SSSR count). The minimum absolute atomic E-state index is 0.0584. The summed E-state index contributed by atoms with van der Waals surface area (Å²) in [5.41, 5.74) is 1.64. The van der Waals surface area contributed by atoms with Crippen molar-refractivity contribution in [3.05, 3.63) is 23.8 Å². The van der Waals surface area contributed by atoms with Crippen LogP contribution in [0.1, 0.15) is 20.3 Å². The minimum Gasteiger partial charge on any atom is -0.392 e. The number of aliphatic hydroxyl groups is 2. The third kappa shape index (κ3) is 4.76. The minimum atomic E-state index is -0.475. The average Bonchev–Trinajstić information content (AvgIpc) is 1.99. The molecule has 0 saturated carbocycles. The highest BCUT2D eigenvalue weighted by Crippen LogP contribution is 2.05. The van der Waals surface area contributed by atoms with Crippen molar-refractivity contribution in [3.63, 3.8) is 0 Å². The summed E-state index contributed by atoms with van der Waals surface area (Å²) in [4.78, 5) is 0. The van der Waals surface area contributed by atoms with Gasteiger partial charge in [-0.25, -0.2) is 0 Å². The third-order valence-corrected chi connectivity index (χ3v) is 1.51. The van der Waals surface area contributed by atoms with E-state index in [2.05, 4.69) is 6.58 Å². The van der Waals surface area contributed by atoms with Crippen molar-refractivity contribution in [3.8, 4) is 0 Å². The Labute approximate surface area is 67.9 Å². The Bertz CT molecular complexity index is 159. The monoisotopic (exact) mass is 156 g/mol. The van der Waals surface area contributed by atoms with E-state index in [4.69, 9.17) is 5.11 Å². The molecular formula is C9H16O2. The maximum atomic E-state index is 9.25. The molecule has 2 N–H and O–H groups in total. The van der Waals surface area contributed by atoms with Crippen molar-refractivity contribution >= 4 is 0 Å². The Balaban J connectivity index is 3.78. The van der Waals surface area contributed by atoms with Gasteiger partial charge >= 0.3 is 0 Å². The second-order valence-corrected chi connectivity index (χ2v) is 2.81. The highest BCUT2D eigenvalue weighted by molar-refractivity contribution is 5.05. The zero-order valence-electron chi connectivity index (χ0n) is 7.17. The molecule has 1 unspecified atom stereocenters. The van der Waals surface area contributed by atoms with E-state index in [0.717, 1.165) is 11.1 Å². The fourth-order valence-corrected chi connectivity index (χ4v) is 0.579. The molecule has 0 aromatic rings. The van der Waals surface area contributed by atoms with Crippen molar-refractivity contribution in [1.29, 1.82) is 0 Å². The fourth-order valence-electron chi connectivity index (χ4n) is 0.579. The van der Waals surface area contributed by atoms with Gasteiger partial charge in [-0.05, 0) is 20.3 Å². The maximum absolute atomic E-state index is 9.25. The van der Waals surface area contributed by atoms with Gasteiger partial charge in [-0.15, -0.1) is 0 Å². The van der Waals surface area contributed by atoms with Gasteiger partial charge in [0.15, 0.2) is 0 Å². The first-order valence-corrected chi connectivity index (χ1v) is 3.68. The Kier molecular flexibility index (Phi) is 4.83. The lowest BCUT2D eigenvalue weighted by Crippen LogP contribution is -2.05. The van der Waals surface area contributed by atoms with E-state index in [1.165, 1.54) is 0 Å². The van der Waals surface area contributed by atoms with Crippen LogP contribution in [0.2, 0.25) is 0 Å². The first-order chi connectivity index (χ1) is 5.07. The fraction of sp³-hybridized carbons (Fsp3) is 0.556. The van der Waals surface area contributed by atoms with Crippen LogP contribution >= 0.6 is 0 Å². The molecule has 0 fully saturated rings. The van der Waals surface area contributed by atoms with E-state index in [9.17, 15) is 5.11 Å². The lowest BCUT2D eigenvalue weighted by atomic mass is 10.1. The molecular weight excluding hydrogens is 140 g/mol. The average molecular weight is 156 g/mol. The Morgan fingerprint density at radius 2 is 2.09 bits per heavy atom. The van der Waals surface area contributed by atoms with E-state index in [-0.39, 0.29) is 6.61 Å². The normalized spacial score (nSPS) is 14.7. The van der Waals surface area contributed by atoms with Gasteiger partial charge in [0.25, 0.3) is 0 Å². The molecule has 0 spiro atoms. The standard InChI is InChI=1S/C9H16O2/c1-7(2)9(11)5-4-8(3)6-10/h4,9-11H,1,5-6H2,2-3H3/b8-4-. The lowest BCUT2D eigenvalue weighted by molar-refractivity contribution is 0.214. The summed E-state index contributed by atoms with van der Waals surface area (Å²) in [6.45, 7) is 7.28. The number of aliphatic hydroxyl groups excluding tert-OH is 2. The van der Waals surface area contributed by atoms with Gasteiger partial charge in [-0.3, -0.25) is 0 Å². The molecule has 0 saturated heterocycles. The predicted octanol–water partition coefficient (Wildman–Crippen LogP) is 1.25. The zero-order valence-corrected chi connectivity index (χ0v) is 7.17. The summed E-state index contributed by atoms with van der Waals surface area (Å²) in [7, 11) is 0. The smallest absolute Gasteiger partial charge is 0.0779 e. The van der Waals surface area contributed by atoms with Crippen LogP contribution in [0.3, 0.4) is 0 Å². The van der Waals surface area contributed by atoms with Crippen LogP contribution in [0, 0.1) is 0 Å². The van der Waals surface area contributed by atoms with E-state index in [0.29, 0.717) is 6.42 Å². The van der Waals surface area contributed by atoms with Gasteiger partial charge in [0.2, 0.25) is 0 Å². The van der Waals surface area contributed by atoms with Crippen molar-refractivity contribution in [1.82, 2.24) is 0 Å². The van der Waals surface area contributed by atoms with E-state index in [1.54, 1.807) is 6.92 Å². The molecule has 0 radical (unpaired) electrons.